The van der Waals surface area contributed by atoms with Crippen LogP contribution >= 0.6 is 0 Å². The highest BCUT2D eigenvalue weighted by Gasteiger charge is 2.41. The smallest absolute Gasteiger partial charge is 0.117 e. The summed E-state index contributed by atoms with van der Waals surface area (Å²) in [6.45, 7) is 2.90. The third-order valence-electron chi connectivity index (χ3n) is 7.10. The zero-order valence-electron chi connectivity index (χ0n) is 19.0. The van der Waals surface area contributed by atoms with Crippen molar-refractivity contribution in [2.24, 2.45) is 5.92 Å². The predicted octanol–water partition coefficient (Wildman–Crippen LogP) is 6.50. The fraction of sp³-hybridized carbons (Fsp3) is 0.226. The van der Waals surface area contributed by atoms with Gasteiger partial charge in [-0.3, -0.25) is 4.90 Å². The van der Waals surface area contributed by atoms with Crippen LogP contribution in [-0.4, -0.2) is 23.1 Å². The average molecular weight is 434 g/mol. The molecule has 0 radical (unpaired) electrons. The minimum atomic E-state index is -0.962. The van der Waals surface area contributed by atoms with Gasteiger partial charge in [-0.1, -0.05) is 115 Å². The molecule has 0 saturated carbocycles. The molecule has 0 aliphatic carbocycles. The Bertz CT molecular complexity index is 1110. The number of aliphatic hydroxyl groups is 1. The first-order valence-corrected chi connectivity index (χ1v) is 11.9. The van der Waals surface area contributed by atoms with Crippen molar-refractivity contribution in [3.8, 4) is 11.1 Å². The van der Waals surface area contributed by atoms with Gasteiger partial charge in [0.05, 0.1) is 0 Å². The van der Waals surface area contributed by atoms with E-state index in [1.807, 2.05) is 36.4 Å². The number of rotatable bonds is 6. The Morgan fingerprint density at radius 3 is 1.70 bits per heavy atom. The number of likely N-dealkylation sites (tertiary alicyclic amines) is 1. The molecule has 0 aromatic heterocycles. The molecule has 0 atom stereocenters. The molecule has 1 N–H and O–H groups in total. The van der Waals surface area contributed by atoms with Crippen molar-refractivity contribution in [1.29, 1.82) is 0 Å². The third-order valence-corrected chi connectivity index (χ3v) is 7.10. The summed E-state index contributed by atoms with van der Waals surface area (Å²) in [4.78, 5) is 2.54. The topological polar surface area (TPSA) is 23.5 Å². The van der Waals surface area contributed by atoms with E-state index in [4.69, 9.17) is 0 Å². The maximum atomic E-state index is 12.1. The van der Waals surface area contributed by atoms with E-state index < -0.39 is 5.60 Å². The van der Waals surface area contributed by atoms with Crippen LogP contribution in [0.15, 0.2) is 115 Å². The Kier molecular flexibility index (Phi) is 6.39. The summed E-state index contributed by atoms with van der Waals surface area (Å²) in [7, 11) is 0. The SMILES string of the molecule is OC(c1ccccc1)(c1ccccc1)C1CCN(Cc2ccccc2-c2ccccc2)CC1. The Labute approximate surface area is 197 Å². The molecule has 166 valence electrons. The second kappa shape index (κ2) is 9.74. The fourth-order valence-corrected chi connectivity index (χ4v) is 5.33. The molecule has 4 aromatic rings. The van der Waals surface area contributed by atoms with Gasteiger partial charge in [0.25, 0.3) is 0 Å². The average Bonchev–Trinajstić information content (AvgIpc) is 2.90. The van der Waals surface area contributed by atoms with Crippen LogP contribution < -0.4 is 0 Å². The van der Waals surface area contributed by atoms with E-state index in [0.29, 0.717) is 0 Å². The number of hydrogen-bond donors (Lipinski definition) is 1. The zero-order valence-corrected chi connectivity index (χ0v) is 19.0. The van der Waals surface area contributed by atoms with Crippen LogP contribution in [0.5, 0.6) is 0 Å². The molecule has 1 aliphatic rings. The third kappa shape index (κ3) is 4.50. The molecule has 0 unspecified atom stereocenters. The number of hydrogen-bond acceptors (Lipinski definition) is 2. The van der Waals surface area contributed by atoms with Crippen molar-refractivity contribution >= 4 is 0 Å². The van der Waals surface area contributed by atoms with Crippen molar-refractivity contribution in [3.05, 3.63) is 132 Å². The zero-order chi connectivity index (χ0) is 22.5. The molecule has 2 heteroatoms. The van der Waals surface area contributed by atoms with Gasteiger partial charge in [-0.05, 0) is 59.7 Å². The van der Waals surface area contributed by atoms with Gasteiger partial charge in [0.15, 0.2) is 0 Å². The summed E-state index contributed by atoms with van der Waals surface area (Å²) in [6, 6.07) is 39.8. The lowest BCUT2D eigenvalue weighted by atomic mass is 9.72. The molecule has 0 amide bonds. The van der Waals surface area contributed by atoms with E-state index in [1.54, 1.807) is 0 Å². The lowest BCUT2D eigenvalue weighted by Gasteiger charge is -2.42. The summed E-state index contributed by atoms with van der Waals surface area (Å²) < 4.78 is 0. The maximum Gasteiger partial charge on any atom is 0.117 e. The first-order chi connectivity index (χ1) is 16.2. The van der Waals surface area contributed by atoms with Crippen LogP contribution in [0.25, 0.3) is 11.1 Å². The number of piperidine rings is 1. The molecule has 0 bridgehead atoms. The van der Waals surface area contributed by atoms with Gasteiger partial charge >= 0.3 is 0 Å². The molecule has 5 rings (SSSR count). The second-order valence-electron chi connectivity index (χ2n) is 9.07. The van der Waals surface area contributed by atoms with Gasteiger partial charge in [-0.15, -0.1) is 0 Å². The molecule has 33 heavy (non-hydrogen) atoms. The van der Waals surface area contributed by atoms with Crippen LogP contribution in [0.4, 0.5) is 0 Å². The lowest BCUT2D eigenvalue weighted by molar-refractivity contribution is -0.0152. The molecular weight excluding hydrogens is 402 g/mol. The second-order valence-corrected chi connectivity index (χ2v) is 9.07. The van der Waals surface area contributed by atoms with Crippen LogP contribution in [-0.2, 0) is 12.1 Å². The van der Waals surface area contributed by atoms with Crippen LogP contribution in [0.2, 0.25) is 0 Å². The fourth-order valence-electron chi connectivity index (χ4n) is 5.33. The van der Waals surface area contributed by atoms with Crippen molar-refractivity contribution in [2.75, 3.05) is 13.1 Å². The van der Waals surface area contributed by atoms with Crippen LogP contribution in [0.3, 0.4) is 0 Å². The first-order valence-electron chi connectivity index (χ1n) is 11.9. The molecule has 0 spiro atoms. The number of benzene rings is 4. The summed E-state index contributed by atoms with van der Waals surface area (Å²) in [5, 5.41) is 12.1. The monoisotopic (exact) mass is 433 g/mol. The summed E-state index contributed by atoms with van der Waals surface area (Å²) in [5.74, 6) is 0.183. The van der Waals surface area contributed by atoms with Crippen LogP contribution in [0.1, 0.15) is 29.5 Å². The van der Waals surface area contributed by atoms with E-state index in [1.165, 1.54) is 16.7 Å². The van der Waals surface area contributed by atoms with Crippen LogP contribution in [0, 0.1) is 5.92 Å². The van der Waals surface area contributed by atoms with E-state index in [-0.39, 0.29) is 5.92 Å². The van der Waals surface area contributed by atoms with Crippen molar-refractivity contribution in [1.82, 2.24) is 4.90 Å². The van der Waals surface area contributed by atoms with Crippen molar-refractivity contribution in [3.63, 3.8) is 0 Å². The predicted molar refractivity (Wildman–Crippen MR) is 136 cm³/mol. The lowest BCUT2D eigenvalue weighted by Crippen LogP contribution is -2.44. The van der Waals surface area contributed by atoms with Gasteiger partial charge in [0.2, 0.25) is 0 Å². The first kappa shape index (κ1) is 21.6. The number of nitrogens with zero attached hydrogens (tertiary/aromatic N) is 1. The van der Waals surface area contributed by atoms with Gasteiger partial charge in [-0.25, -0.2) is 0 Å². The highest BCUT2D eigenvalue weighted by Crippen LogP contribution is 2.42. The van der Waals surface area contributed by atoms with Gasteiger partial charge in [-0.2, -0.15) is 0 Å². The normalized spacial score (nSPS) is 15.4. The van der Waals surface area contributed by atoms with E-state index >= 15 is 0 Å². The van der Waals surface area contributed by atoms with Gasteiger partial charge < -0.3 is 5.11 Å². The molecule has 4 aromatic carbocycles. The van der Waals surface area contributed by atoms with Gasteiger partial charge in [0.1, 0.15) is 5.60 Å². The highest BCUT2D eigenvalue weighted by atomic mass is 16.3. The standard InChI is InChI=1S/C31H31NO/c33-31(27-15-6-2-7-16-27,28-17-8-3-9-18-28)29-20-22-32(23-21-29)24-26-14-10-11-19-30(26)25-12-4-1-5-13-25/h1-19,29,33H,20-24H2. The largest absolute Gasteiger partial charge is 0.380 e. The van der Waals surface area contributed by atoms with Crippen molar-refractivity contribution in [2.45, 2.75) is 25.0 Å². The molecule has 2 nitrogen and oxygen atoms in total. The van der Waals surface area contributed by atoms with E-state index in [9.17, 15) is 5.11 Å². The molecule has 1 heterocycles. The van der Waals surface area contributed by atoms with E-state index in [2.05, 4.69) is 83.8 Å². The van der Waals surface area contributed by atoms with Crippen molar-refractivity contribution < 1.29 is 5.11 Å². The van der Waals surface area contributed by atoms with Gasteiger partial charge in [0, 0.05) is 6.54 Å². The van der Waals surface area contributed by atoms with E-state index in [0.717, 1.165) is 43.6 Å². The Balaban J connectivity index is 1.35. The molecular formula is C31H31NO. The minimum absolute atomic E-state index is 0.183. The molecule has 1 fully saturated rings. The Morgan fingerprint density at radius 2 is 1.12 bits per heavy atom. The summed E-state index contributed by atoms with van der Waals surface area (Å²) >= 11 is 0. The highest BCUT2D eigenvalue weighted by molar-refractivity contribution is 5.67. The quantitative estimate of drug-likeness (QED) is 0.375. The Morgan fingerprint density at radius 1 is 0.636 bits per heavy atom. The Hall–Kier alpha value is -3.20. The summed E-state index contributed by atoms with van der Waals surface area (Å²) in [6.07, 6.45) is 1.93. The minimum Gasteiger partial charge on any atom is -0.380 e. The maximum absolute atomic E-state index is 12.1. The molecule has 1 aliphatic heterocycles. The molecule has 1 saturated heterocycles. The summed E-state index contributed by atoms with van der Waals surface area (Å²) in [5.41, 5.74) is 4.96.